The molecule has 2 nitrogen and oxygen atoms in total. The summed E-state index contributed by atoms with van der Waals surface area (Å²) >= 11 is 3.20. The van der Waals surface area contributed by atoms with Crippen LogP contribution < -0.4 is 11.3 Å². The lowest BCUT2D eigenvalue weighted by Crippen LogP contribution is -2.43. The van der Waals surface area contributed by atoms with Crippen LogP contribution in [0.15, 0.2) is 22.7 Å². The Morgan fingerprint density at radius 3 is 2.47 bits per heavy atom. The number of nitrogens with one attached hydrogen (secondary N) is 1. The molecular formula is C13H20BrFN2. The van der Waals surface area contributed by atoms with Crippen molar-refractivity contribution in [1.82, 2.24) is 5.43 Å². The van der Waals surface area contributed by atoms with Gasteiger partial charge >= 0.3 is 0 Å². The maximum Gasteiger partial charge on any atom is 0.137 e. The van der Waals surface area contributed by atoms with E-state index < -0.39 is 0 Å². The molecule has 0 fully saturated rings. The molecule has 96 valence electrons. The quantitative estimate of drug-likeness (QED) is 0.647. The molecule has 0 aliphatic carbocycles. The van der Waals surface area contributed by atoms with Crippen molar-refractivity contribution >= 4 is 15.9 Å². The third kappa shape index (κ3) is 4.05. The van der Waals surface area contributed by atoms with Crippen LogP contribution in [0.25, 0.3) is 0 Å². The van der Waals surface area contributed by atoms with Gasteiger partial charge in [0.2, 0.25) is 0 Å². The van der Waals surface area contributed by atoms with Gasteiger partial charge in [0.25, 0.3) is 0 Å². The average molecular weight is 303 g/mol. The summed E-state index contributed by atoms with van der Waals surface area (Å²) in [4.78, 5) is 0. The molecule has 0 bridgehead atoms. The van der Waals surface area contributed by atoms with Gasteiger partial charge in [0, 0.05) is 6.04 Å². The van der Waals surface area contributed by atoms with E-state index in [-0.39, 0.29) is 11.9 Å². The molecule has 0 saturated heterocycles. The fraction of sp³-hybridized carbons (Fsp3) is 0.538. The minimum absolute atomic E-state index is 0.201. The molecule has 2 unspecified atom stereocenters. The Hall–Kier alpha value is -0.450. The average Bonchev–Trinajstić information content (AvgIpc) is 2.29. The van der Waals surface area contributed by atoms with Crippen molar-refractivity contribution in [1.29, 1.82) is 0 Å². The van der Waals surface area contributed by atoms with Crippen molar-refractivity contribution in [2.24, 2.45) is 17.7 Å². The predicted octanol–water partition coefficient (Wildman–Crippen LogP) is 3.25. The second kappa shape index (κ2) is 6.47. The van der Waals surface area contributed by atoms with Gasteiger partial charge in [0.05, 0.1) is 4.47 Å². The van der Waals surface area contributed by atoms with Crippen molar-refractivity contribution in [3.05, 3.63) is 34.1 Å². The van der Waals surface area contributed by atoms with Crippen molar-refractivity contribution in [3.63, 3.8) is 0 Å². The van der Waals surface area contributed by atoms with E-state index in [2.05, 4.69) is 42.1 Å². The van der Waals surface area contributed by atoms with Crippen LogP contribution in [-0.2, 0) is 6.42 Å². The Morgan fingerprint density at radius 2 is 2.00 bits per heavy atom. The lowest BCUT2D eigenvalue weighted by molar-refractivity contribution is 0.299. The molecule has 0 aromatic heterocycles. The second-order valence-corrected chi connectivity index (χ2v) is 5.68. The normalized spacial score (nSPS) is 15.0. The van der Waals surface area contributed by atoms with Crippen LogP contribution in [0.3, 0.4) is 0 Å². The van der Waals surface area contributed by atoms with E-state index in [9.17, 15) is 4.39 Å². The minimum Gasteiger partial charge on any atom is -0.271 e. The maximum atomic E-state index is 13.1. The largest absolute Gasteiger partial charge is 0.271 e. The summed E-state index contributed by atoms with van der Waals surface area (Å²) in [6.07, 6.45) is 0.800. The van der Waals surface area contributed by atoms with E-state index in [1.54, 1.807) is 6.07 Å². The molecule has 17 heavy (non-hydrogen) atoms. The first-order chi connectivity index (χ1) is 7.95. The Kier molecular flexibility index (Phi) is 5.56. The van der Waals surface area contributed by atoms with Gasteiger partial charge in [-0.2, -0.15) is 0 Å². The molecule has 0 aliphatic rings. The molecule has 1 aromatic rings. The van der Waals surface area contributed by atoms with Gasteiger partial charge in [0.1, 0.15) is 5.82 Å². The third-order valence-corrected chi connectivity index (χ3v) is 3.95. The molecule has 0 radical (unpaired) electrons. The third-order valence-electron chi connectivity index (χ3n) is 3.34. The van der Waals surface area contributed by atoms with Crippen molar-refractivity contribution in [2.45, 2.75) is 33.2 Å². The highest BCUT2D eigenvalue weighted by Gasteiger charge is 2.19. The van der Waals surface area contributed by atoms with E-state index >= 15 is 0 Å². The van der Waals surface area contributed by atoms with Gasteiger partial charge in [-0.1, -0.05) is 26.8 Å². The number of hydrogen-bond acceptors (Lipinski definition) is 2. The van der Waals surface area contributed by atoms with Gasteiger partial charge in [-0.15, -0.1) is 0 Å². The van der Waals surface area contributed by atoms with Gasteiger partial charge in [0.15, 0.2) is 0 Å². The van der Waals surface area contributed by atoms with Crippen LogP contribution in [0.2, 0.25) is 0 Å². The molecule has 1 aromatic carbocycles. The molecule has 2 atom stereocenters. The monoisotopic (exact) mass is 302 g/mol. The molecule has 0 aliphatic heterocycles. The number of halogens is 2. The lowest BCUT2D eigenvalue weighted by atomic mass is 9.87. The zero-order valence-electron chi connectivity index (χ0n) is 10.5. The Balaban J connectivity index is 2.77. The molecule has 4 heteroatoms. The van der Waals surface area contributed by atoms with Crippen LogP contribution in [0.4, 0.5) is 4.39 Å². The van der Waals surface area contributed by atoms with Crippen LogP contribution >= 0.6 is 15.9 Å². The zero-order chi connectivity index (χ0) is 13.0. The van der Waals surface area contributed by atoms with Gasteiger partial charge in [-0.05, 0) is 51.9 Å². The van der Waals surface area contributed by atoms with Crippen LogP contribution in [0.1, 0.15) is 26.3 Å². The number of rotatable bonds is 5. The summed E-state index contributed by atoms with van der Waals surface area (Å²) in [6, 6.07) is 5.30. The summed E-state index contributed by atoms with van der Waals surface area (Å²) in [5.74, 6) is 6.38. The van der Waals surface area contributed by atoms with E-state index in [1.165, 1.54) is 6.07 Å². The SMILES string of the molecule is CC(C)C(C)C(Cc1ccc(F)c(Br)c1)NN. The maximum absolute atomic E-state index is 13.1. The summed E-state index contributed by atoms with van der Waals surface area (Å²) < 4.78 is 13.6. The van der Waals surface area contributed by atoms with E-state index in [1.807, 2.05) is 6.07 Å². The standard InChI is InChI=1S/C13H20BrFN2/c1-8(2)9(3)13(17-16)7-10-4-5-12(15)11(14)6-10/h4-6,8-9,13,17H,7,16H2,1-3H3. The first-order valence-electron chi connectivity index (χ1n) is 5.85. The summed E-state index contributed by atoms with van der Waals surface area (Å²) in [7, 11) is 0. The zero-order valence-corrected chi connectivity index (χ0v) is 12.1. The summed E-state index contributed by atoms with van der Waals surface area (Å²) in [6.45, 7) is 6.53. The Labute approximate surface area is 111 Å². The fourth-order valence-corrected chi connectivity index (χ4v) is 2.21. The van der Waals surface area contributed by atoms with Gasteiger partial charge in [-0.25, -0.2) is 4.39 Å². The number of nitrogens with two attached hydrogens (primary N) is 1. The van der Waals surface area contributed by atoms with Gasteiger partial charge < -0.3 is 0 Å². The van der Waals surface area contributed by atoms with Crippen LogP contribution in [0, 0.1) is 17.7 Å². The number of hydrogen-bond donors (Lipinski definition) is 2. The smallest absolute Gasteiger partial charge is 0.137 e. The van der Waals surface area contributed by atoms with Crippen molar-refractivity contribution in [3.8, 4) is 0 Å². The Bertz CT molecular complexity index is 368. The highest BCUT2D eigenvalue weighted by molar-refractivity contribution is 9.10. The predicted molar refractivity (Wildman–Crippen MR) is 72.9 cm³/mol. The topological polar surface area (TPSA) is 38.0 Å². The molecule has 0 saturated carbocycles. The van der Waals surface area contributed by atoms with Crippen LogP contribution in [0.5, 0.6) is 0 Å². The van der Waals surface area contributed by atoms with E-state index in [4.69, 9.17) is 5.84 Å². The molecule has 3 N–H and O–H groups in total. The molecule has 1 rings (SSSR count). The van der Waals surface area contributed by atoms with E-state index in [0.29, 0.717) is 16.3 Å². The van der Waals surface area contributed by atoms with E-state index in [0.717, 1.165) is 12.0 Å². The summed E-state index contributed by atoms with van der Waals surface area (Å²) in [5.41, 5.74) is 3.93. The van der Waals surface area contributed by atoms with Crippen molar-refractivity contribution in [2.75, 3.05) is 0 Å². The highest BCUT2D eigenvalue weighted by atomic mass is 79.9. The van der Waals surface area contributed by atoms with Gasteiger partial charge in [-0.3, -0.25) is 11.3 Å². The number of benzene rings is 1. The molecule has 0 amide bonds. The minimum atomic E-state index is -0.233. The van der Waals surface area contributed by atoms with Crippen LogP contribution in [-0.4, -0.2) is 6.04 Å². The van der Waals surface area contributed by atoms with Crippen molar-refractivity contribution < 1.29 is 4.39 Å². The number of hydrazine groups is 1. The highest BCUT2D eigenvalue weighted by Crippen LogP contribution is 2.21. The molecular weight excluding hydrogens is 283 g/mol. The summed E-state index contributed by atoms with van der Waals surface area (Å²) in [5, 5.41) is 0. The Morgan fingerprint density at radius 1 is 1.35 bits per heavy atom. The fourth-order valence-electron chi connectivity index (χ4n) is 1.78. The molecule has 0 spiro atoms. The first kappa shape index (κ1) is 14.6. The second-order valence-electron chi connectivity index (χ2n) is 4.83. The lowest BCUT2D eigenvalue weighted by Gasteiger charge is -2.26. The molecule has 0 heterocycles. The first-order valence-corrected chi connectivity index (χ1v) is 6.65.